The monoisotopic (exact) mass is 407 g/mol. The lowest BCUT2D eigenvalue weighted by Crippen LogP contribution is -2.50. The largest absolute Gasteiger partial charge is 0.483 e. The molecule has 1 amide bonds. The van der Waals surface area contributed by atoms with Crippen LogP contribution in [0.15, 0.2) is 36.0 Å². The van der Waals surface area contributed by atoms with Gasteiger partial charge in [0.05, 0.1) is 18.2 Å². The molecule has 1 aliphatic rings. The first kappa shape index (κ1) is 27.1. The van der Waals surface area contributed by atoms with Crippen LogP contribution in [0.5, 0.6) is 0 Å². The average Bonchev–Trinajstić information content (AvgIpc) is 2.66. The van der Waals surface area contributed by atoms with Crippen LogP contribution in [0.4, 0.5) is 0 Å². The van der Waals surface area contributed by atoms with Crippen molar-refractivity contribution in [3.05, 3.63) is 36.0 Å². The number of nitrogens with one attached hydrogen (secondary N) is 1. The van der Waals surface area contributed by atoms with Crippen molar-refractivity contribution in [2.75, 3.05) is 0 Å². The molecular weight excluding hydrogens is 366 g/mol. The highest BCUT2D eigenvalue weighted by Crippen LogP contribution is 2.28. The number of carbonyl (C=O) groups excluding carboxylic acids is 1. The van der Waals surface area contributed by atoms with Crippen LogP contribution in [0.1, 0.15) is 67.7 Å². The van der Waals surface area contributed by atoms with Crippen molar-refractivity contribution in [2.45, 2.75) is 86.0 Å². The van der Waals surface area contributed by atoms with Crippen molar-refractivity contribution in [1.29, 1.82) is 0 Å². The average molecular weight is 408 g/mol. The molecule has 1 heterocycles. The lowest BCUT2D eigenvalue weighted by Gasteiger charge is -2.39. The number of carboxylic acid groups (broad SMARTS) is 1. The molecular formula is C24H41NO4. The van der Waals surface area contributed by atoms with Crippen LogP contribution >= 0.6 is 0 Å². The van der Waals surface area contributed by atoms with Gasteiger partial charge < -0.3 is 15.2 Å². The summed E-state index contributed by atoms with van der Waals surface area (Å²) in [6.07, 6.45) is 13.7. The van der Waals surface area contributed by atoms with Gasteiger partial charge in [0.25, 0.3) is 6.47 Å². The first-order valence-electron chi connectivity index (χ1n) is 10.7. The molecule has 0 radical (unpaired) electrons. The van der Waals surface area contributed by atoms with Gasteiger partial charge in [-0.3, -0.25) is 9.59 Å². The number of ether oxygens (including phenoxy) is 1. The molecule has 0 aromatic heterocycles. The minimum Gasteiger partial charge on any atom is -0.483 e. The maximum absolute atomic E-state index is 12.0. The lowest BCUT2D eigenvalue weighted by atomic mass is 9.88. The molecule has 0 aromatic rings. The lowest BCUT2D eigenvalue weighted by molar-refractivity contribution is -0.124. The quantitative estimate of drug-likeness (QED) is 0.332. The third-order valence-electron chi connectivity index (χ3n) is 5.18. The number of allylic oxidation sites excluding steroid dienone is 4. The van der Waals surface area contributed by atoms with E-state index in [-0.39, 0.29) is 30.6 Å². The topological polar surface area (TPSA) is 75.6 Å². The number of rotatable bonds is 8. The molecule has 1 aliphatic heterocycles. The van der Waals surface area contributed by atoms with E-state index in [0.29, 0.717) is 17.8 Å². The summed E-state index contributed by atoms with van der Waals surface area (Å²) < 4.78 is 6.23. The maximum atomic E-state index is 12.0. The molecule has 1 saturated heterocycles. The molecule has 1 rings (SSSR count). The summed E-state index contributed by atoms with van der Waals surface area (Å²) in [5.74, 6) is 1.41. The molecule has 0 spiro atoms. The minimum atomic E-state index is -0.250. The summed E-state index contributed by atoms with van der Waals surface area (Å²) >= 11 is 0. The Morgan fingerprint density at radius 2 is 1.83 bits per heavy atom. The van der Waals surface area contributed by atoms with Crippen molar-refractivity contribution < 1.29 is 19.4 Å². The summed E-state index contributed by atoms with van der Waals surface area (Å²) in [5.41, 5.74) is 1.29. The number of hydrogen-bond acceptors (Lipinski definition) is 3. The van der Waals surface area contributed by atoms with Crippen molar-refractivity contribution in [3.8, 4) is 0 Å². The van der Waals surface area contributed by atoms with Crippen molar-refractivity contribution in [2.24, 2.45) is 17.8 Å². The molecule has 5 nitrogen and oxygen atoms in total. The van der Waals surface area contributed by atoms with E-state index in [9.17, 15) is 4.79 Å². The van der Waals surface area contributed by atoms with E-state index in [0.717, 1.165) is 12.8 Å². The number of amides is 1. The van der Waals surface area contributed by atoms with Crippen molar-refractivity contribution in [1.82, 2.24) is 5.32 Å². The summed E-state index contributed by atoms with van der Waals surface area (Å²) in [6.45, 7) is 14.8. The van der Waals surface area contributed by atoms with Gasteiger partial charge in [0.2, 0.25) is 5.91 Å². The SMILES string of the molecule is CCC(C)/C=C/C(C)=C/CC1OC(C)C(NC(=O)/C=C\C(C)C)CC1C.O=CO. The van der Waals surface area contributed by atoms with E-state index in [1.807, 2.05) is 6.08 Å². The van der Waals surface area contributed by atoms with Crippen LogP contribution in [0.3, 0.4) is 0 Å². The standard InChI is InChI=1S/C23H39NO2.CH2O2/c1-8-17(4)10-11-18(5)12-13-22-19(6)15-21(20(7)26-22)24-23(25)14-9-16(2)3;2-1-3/h9-12,14,16-17,19-22H,8,13,15H2,1-7H3,(H,24,25);1H,(H,2,3)/b11-10+,14-9-,18-12+;. The Morgan fingerprint density at radius 3 is 2.38 bits per heavy atom. The number of carbonyl (C=O) groups is 2. The van der Waals surface area contributed by atoms with E-state index < -0.39 is 0 Å². The zero-order valence-corrected chi connectivity index (χ0v) is 19.2. The third-order valence-corrected chi connectivity index (χ3v) is 5.18. The van der Waals surface area contributed by atoms with Gasteiger partial charge in [-0.15, -0.1) is 0 Å². The summed E-state index contributed by atoms with van der Waals surface area (Å²) in [7, 11) is 0. The Labute approximate surface area is 177 Å². The first-order chi connectivity index (χ1) is 13.6. The fraction of sp³-hybridized carbons (Fsp3) is 0.667. The smallest absolute Gasteiger partial charge is 0.290 e. The molecule has 29 heavy (non-hydrogen) atoms. The molecule has 1 fully saturated rings. The Hall–Kier alpha value is -1.88. The Morgan fingerprint density at radius 1 is 1.21 bits per heavy atom. The van der Waals surface area contributed by atoms with Crippen LogP contribution in [-0.2, 0) is 14.3 Å². The Bertz CT molecular complexity index is 565. The fourth-order valence-electron chi connectivity index (χ4n) is 3.05. The highest BCUT2D eigenvalue weighted by Gasteiger charge is 2.33. The second kappa shape index (κ2) is 15.0. The van der Waals surface area contributed by atoms with Crippen molar-refractivity contribution >= 4 is 12.4 Å². The highest BCUT2D eigenvalue weighted by atomic mass is 16.5. The van der Waals surface area contributed by atoms with Crippen LogP contribution in [0.2, 0.25) is 0 Å². The minimum absolute atomic E-state index is 0.0179. The fourth-order valence-corrected chi connectivity index (χ4v) is 3.05. The van der Waals surface area contributed by atoms with Crippen LogP contribution < -0.4 is 5.32 Å². The second-order valence-electron chi connectivity index (χ2n) is 8.34. The molecule has 5 atom stereocenters. The van der Waals surface area contributed by atoms with Crippen LogP contribution in [0, 0.1) is 17.8 Å². The van der Waals surface area contributed by atoms with Gasteiger partial charge in [0, 0.05) is 0 Å². The summed E-state index contributed by atoms with van der Waals surface area (Å²) in [4.78, 5) is 20.4. The van der Waals surface area contributed by atoms with E-state index in [4.69, 9.17) is 14.6 Å². The van der Waals surface area contributed by atoms with Crippen LogP contribution in [0.25, 0.3) is 0 Å². The molecule has 0 saturated carbocycles. The van der Waals surface area contributed by atoms with E-state index in [2.05, 4.69) is 72.0 Å². The van der Waals surface area contributed by atoms with Gasteiger partial charge in [0.15, 0.2) is 0 Å². The first-order valence-corrected chi connectivity index (χ1v) is 10.7. The van der Waals surface area contributed by atoms with Gasteiger partial charge in [-0.25, -0.2) is 0 Å². The molecule has 0 aromatic carbocycles. The van der Waals surface area contributed by atoms with Gasteiger partial charge in [-0.1, -0.05) is 70.9 Å². The van der Waals surface area contributed by atoms with E-state index >= 15 is 0 Å². The van der Waals surface area contributed by atoms with Gasteiger partial charge in [-0.05, 0) is 50.5 Å². The molecule has 2 N–H and O–H groups in total. The van der Waals surface area contributed by atoms with E-state index in [1.54, 1.807) is 6.08 Å². The van der Waals surface area contributed by atoms with Crippen molar-refractivity contribution in [3.63, 3.8) is 0 Å². The van der Waals surface area contributed by atoms with Gasteiger partial charge in [-0.2, -0.15) is 0 Å². The molecule has 0 aliphatic carbocycles. The molecule has 166 valence electrons. The molecule has 5 heteroatoms. The Balaban J connectivity index is 0.00000245. The van der Waals surface area contributed by atoms with E-state index in [1.165, 1.54) is 12.0 Å². The Kier molecular flexibility index (Phi) is 14.1. The molecule has 0 bridgehead atoms. The van der Waals surface area contributed by atoms with Gasteiger partial charge >= 0.3 is 0 Å². The predicted molar refractivity (Wildman–Crippen MR) is 120 cm³/mol. The maximum Gasteiger partial charge on any atom is 0.290 e. The van der Waals surface area contributed by atoms with Crippen LogP contribution in [-0.4, -0.2) is 35.7 Å². The third kappa shape index (κ3) is 12.3. The zero-order chi connectivity index (χ0) is 22.4. The summed E-state index contributed by atoms with van der Waals surface area (Å²) in [6, 6.07) is 0.0842. The predicted octanol–water partition coefficient (Wildman–Crippen LogP) is 5.14. The second-order valence-corrected chi connectivity index (χ2v) is 8.34. The molecule has 5 unspecified atom stereocenters. The summed E-state index contributed by atoms with van der Waals surface area (Å²) in [5, 5.41) is 9.99. The highest BCUT2D eigenvalue weighted by molar-refractivity contribution is 5.87. The normalized spacial score (nSPS) is 26.3. The number of hydrogen-bond donors (Lipinski definition) is 2. The zero-order valence-electron chi connectivity index (χ0n) is 19.2. The van der Waals surface area contributed by atoms with Gasteiger partial charge in [0.1, 0.15) is 0 Å².